The Balaban J connectivity index is 1.94. The molecular formula is C25H41N3O5. The molecule has 8 nitrogen and oxygen atoms in total. The number of Topliss-reactive ketones (excluding diaryl/α,β-unsaturated/α-hetero) is 1. The first-order valence-corrected chi connectivity index (χ1v) is 12.6. The second kappa shape index (κ2) is 13.5. The van der Waals surface area contributed by atoms with E-state index in [1.165, 1.54) is 6.08 Å². The predicted octanol–water partition coefficient (Wildman–Crippen LogP) is 2.70. The van der Waals surface area contributed by atoms with Crippen LogP contribution in [0.4, 0.5) is 0 Å². The van der Waals surface area contributed by atoms with E-state index in [4.69, 9.17) is 4.74 Å². The largest absolute Gasteiger partial charge is 0.463 e. The lowest BCUT2D eigenvalue weighted by atomic mass is 9.80. The van der Waals surface area contributed by atoms with Gasteiger partial charge in [0.25, 0.3) is 5.91 Å². The molecule has 0 aliphatic heterocycles. The summed E-state index contributed by atoms with van der Waals surface area (Å²) in [6.45, 7) is 4.13. The molecule has 8 heteroatoms. The normalized spacial score (nSPS) is 20.9. The van der Waals surface area contributed by atoms with Crippen molar-refractivity contribution in [3.8, 4) is 0 Å². The summed E-state index contributed by atoms with van der Waals surface area (Å²) in [5, 5.41) is 8.93. The smallest absolute Gasteiger partial charge is 0.330 e. The van der Waals surface area contributed by atoms with Crippen molar-refractivity contribution in [2.45, 2.75) is 109 Å². The van der Waals surface area contributed by atoms with E-state index < -0.39 is 23.3 Å². The summed E-state index contributed by atoms with van der Waals surface area (Å²) in [5.41, 5.74) is 0.341. The van der Waals surface area contributed by atoms with Gasteiger partial charge >= 0.3 is 5.97 Å². The number of amides is 2. The number of ketones is 1. The third-order valence-corrected chi connectivity index (χ3v) is 6.88. The number of rotatable bonds is 11. The van der Waals surface area contributed by atoms with E-state index in [-0.39, 0.29) is 17.9 Å². The van der Waals surface area contributed by atoms with Gasteiger partial charge in [-0.05, 0) is 58.9 Å². The number of carbonyl (C=O) groups excluding carboxylic acids is 4. The lowest BCUT2D eigenvalue weighted by Crippen LogP contribution is -2.60. The molecule has 0 spiro atoms. The first kappa shape index (κ1) is 27.0. The minimum atomic E-state index is -0.813. The van der Waals surface area contributed by atoms with Gasteiger partial charge in [-0.15, -0.1) is 0 Å². The van der Waals surface area contributed by atoms with Crippen molar-refractivity contribution in [2.75, 3.05) is 13.7 Å². The highest BCUT2D eigenvalue weighted by atomic mass is 16.5. The maximum Gasteiger partial charge on any atom is 0.330 e. The maximum absolute atomic E-state index is 13.1. The van der Waals surface area contributed by atoms with Gasteiger partial charge in [-0.1, -0.05) is 44.6 Å². The number of allylic oxidation sites excluding steroid dienone is 1. The van der Waals surface area contributed by atoms with Gasteiger partial charge in [-0.3, -0.25) is 14.4 Å². The van der Waals surface area contributed by atoms with E-state index >= 15 is 0 Å². The van der Waals surface area contributed by atoms with Crippen LogP contribution in [0.5, 0.6) is 0 Å². The van der Waals surface area contributed by atoms with Crippen LogP contribution in [0.15, 0.2) is 11.6 Å². The maximum atomic E-state index is 13.1. The highest BCUT2D eigenvalue weighted by Crippen LogP contribution is 2.28. The van der Waals surface area contributed by atoms with Crippen LogP contribution >= 0.6 is 0 Å². The van der Waals surface area contributed by atoms with Crippen LogP contribution in [-0.4, -0.2) is 54.8 Å². The number of esters is 1. The summed E-state index contributed by atoms with van der Waals surface area (Å²) in [6.07, 6.45) is 10.8. The fourth-order valence-electron chi connectivity index (χ4n) is 4.76. The Morgan fingerprint density at radius 2 is 1.76 bits per heavy atom. The van der Waals surface area contributed by atoms with Crippen LogP contribution in [-0.2, 0) is 23.9 Å². The van der Waals surface area contributed by atoms with Crippen LogP contribution in [0.2, 0.25) is 0 Å². The highest BCUT2D eigenvalue weighted by molar-refractivity contribution is 6.38. The van der Waals surface area contributed by atoms with Crippen LogP contribution in [0.3, 0.4) is 0 Å². The number of hydrogen-bond donors (Lipinski definition) is 3. The van der Waals surface area contributed by atoms with Crippen molar-refractivity contribution >= 4 is 23.6 Å². The number of carbonyl (C=O) groups is 4. The quantitative estimate of drug-likeness (QED) is 0.247. The number of ether oxygens (including phenoxy) is 1. The molecule has 0 bridgehead atoms. The lowest BCUT2D eigenvalue weighted by Gasteiger charge is -2.36. The summed E-state index contributed by atoms with van der Waals surface area (Å²) < 4.78 is 4.95. The second-order valence-corrected chi connectivity index (χ2v) is 9.23. The fraction of sp³-hybridized carbons (Fsp3) is 0.760. The molecule has 186 valence electrons. The molecule has 2 aliphatic carbocycles. The number of unbranched alkanes of at least 4 members (excludes halogenated alkanes) is 1. The van der Waals surface area contributed by atoms with Crippen molar-refractivity contribution in [1.82, 2.24) is 16.0 Å². The Morgan fingerprint density at radius 1 is 1.09 bits per heavy atom. The van der Waals surface area contributed by atoms with Gasteiger partial charge in [-0.25, -0.2) is 4.79 Å². The van der Waals surface area contributed by atoms with Crippen molar-refractivity contribution in [3.05, 3.63) is 11.6 Å². The Kier molecular flexibility index (Phi) is 11.0. The van der Waals surface area contributed by atoms with Crippen LogP contribution in [0.1, 0.15) is 90.9 Å². The summed E-state index contributed by atoms with van der Waals surface area (Å²) in [7, 11) is 1.79. The zero-order chi connectivity index (χ0) is 24.3. The Morgan fingerprint density at radius 3 is 2.33 bits per heavy atom. The van der Waals surface area contributed by atoms with Gasteiger partial charge in [-0.2, -0.15) is 0 Å². The van der Waals surface area contributed by atoms with E-state index in [0.29, 0.717) is 38.7 Å². The van der Waals surface area contributed by atoms with E-state index in [1.807, 2.05) is 6.92 Å². The number of likely N-dealkylation sites (N-methyl/N-ethyl adjacent to an activating group) is 1. The molecule has 2 amide bonds. The second-order valence-electron chi connectivity index (χ2n) is 9.23. The van der Waals surface area contributed by atoms with Gasteiger partial charge in [0.15, 0.2) is 0 Å². The topological polar surface area (TPSA) is 114 Å². The summed E-state index contributed by atoms with van der Waals surface area (Å²) in [4.78, 5) is 50.5. The minimum Gasteiger partial charge on any atom is -0.463 e. The summed E-state index contributed by atoms with van der Waals surface area (Å²) in [6, 6.07) is -0.933. The molecule has 2 aliphatic rings. The summed E-state index contributed by atoms with van der Waals surface area (Å²) in [5.74, 6) is -1.73. The summed E-state index contributed by atoms with van der Waals surface area (Å²) >= 11 is 0. The molecule has 2 rings (SSSR count). The van der Waals surface area contributed by atoms with Crippen LogP contribution in [0.25, 0.3) is 0 Å². The van der Waals surface area contributed by atoms with Gasteiger partial charge in [0.2, 0.25) is 11.7 Å². The molecule has 33 heavy (non-hydrogen) atoms. The zero-order valence-corrected chi connectivity index (χ0v) is 20.5. The Hall–Kier alpha value is -2.22. The first-order chi connectivity index (χ1) is 15.8. The van der Waals surface area contributed by atoms with Crippen molar-refractivity contribution < 1.29 is 23.9 Å². The molecule has 0 saturated heterocycles. The monoisotopic (exact) mass is 463 g/mol. The number of nitrogens with one attached hydrogen (secondary N) is 3. The lowest BCUT2D eigenvalue weighted by molar-refractivity contribution is -0.141. The standard InChI is InChI=1S/C25H41N3O5/c1-4-6-10-20(28-24(32)25(26-3)15-8-7-9-16-25)22(30)23(31)27-19-13-11-18(12-14-19)17-21(29)33-5-2/h17,19-20,26H,4-16H2,1-3H3,(H,27,31)(H,28,32)/t19?,20-/m0/s1. The molecule has 2 fully saturated rings. The van der Waals surface area contributed by atoms with E-state index in [1.54, 1.807) is 14.0 Å². The van der Waals surface area contributed by atoms with E-state index in [9.17, 15) is 19.2 Å². The molecule has 0 aromatic heterocycles. The highest BCUT2D eigenvalue weighted by Gasteiger charge is 2.40. The van der Waals surface area contributed by atoms with Crippen molar-refractivity contribution in [1.29, 1.82) is 0 Å². The molecule has 0 heterocycles. The van der Waals surface area contributed by atoms with Crippen LogP contribution in [0, 0.1) is 0 Å². The fourth-order valence-corrected chi connectivity index (χ4v) is 4.76. The predicted molar refractivity (Wildman–Crippen MR) is 126 cm³/mol. The van der Waals surface area contributed by atoms with E-state index in [2.05, 4.69) is 16.0 Å². The average Bonchev–Trinajstić information content (AvgIpc) is 2.82. The first-order valence-electron chi connectivity index (χ1n) is 12.6. The zero-order valence-electron chi connectivity index (χ0n) is 20.5. The third-order valence-electron chi connectivity index (χ3n) is 6.88. The molecule has 2 saturated carbocycles. The SMILES string of the molecule is CCCC[C@H](NC(=O)C1(NC)CCCCC1)C(=O)C(=O)NC1CCC(=CC(=O)OCC)CC1. The molecular weight excluding hydrogens is 422 g/mol. The average molecular weight is 464 g/mol. The van der Waals surface area contributed by atoms with Gasteiger partial charge in [0.1, 0.15) is 0 Å². The molecule has 0 aromatic carbocycles. The van der Waals surface area contributed by atoms with Gasteiger partial charge in [0, 0.05) is 12.1 Å². The molecule has 0 aromatic rings. The van der Waals surface area contributed by atoms with E-state index in [0.717, 1.165) is 50.5 Å². The van der Waals surface area contributed by atoms with Crippen molar-refractivity contribution in [2.24, 2.45) is 0 Å². The minimum absolute atomic E-state index is 0.120. The van der Waals surface area contributed by atoms with Crippen LogP contribution < -0.4 is 16.0 Å². The van der Waals surface area contributed by atoms with Crippen molar-refractivity contribution in [3.63, 3.8) is 0 Å². The molecule has 0 radical (unpaired) electrons. The Bertz CT molecular complexity index is 718. The third kappa shape index (κ3) is 7.95. The Labute approximate surface area is 197 Å². The van der Waals surface area contributed by atoms with Gasteiger partial charge in [0.05, 0.1) is 18.2 Å². The molecule has 1 atom stereocenters. The molecule has 3 N–H and O–H groups in total. The van der Waals surface area contributed by atoms with Gasteiger partial charge < -0.3 is 20.7 Å². The molecule has 0 unspecified atom stereocenters. The number of hydrogen-bond acceptors (Lipinski definition) is 6.